The van der Waals surface area contributed by atoms with Crippen LogP contribution in [0, 0.1) is 0 Å². The van der Waals surface area contributed by atoms with Gasteiger partial charge < -0.3 is 19.7 Å². The lowest BCUT2D eigenvalue weighted by Crippen LogP contribution is -1.89. The molecule has 4 aromatic carbocycles. The molecule has 0 bridgehead atoms. The van der Waals surface area contributed by atoms with Gasteiger partial charge >= 0.3 is 0 Å². The Morgan fingerprint density at radius 3 is 1.29 bits per heavy atom. The van der Waals surface area contributed by atoms with Crippen LogP contribution in [0.5, 0.6) is 23.0 Å². The number of ether oxygens (including phenoxy) is 2. The highest BCUT2D eigenvalue weighted by molar-refractivity contribution is 5.85. The molecule has 0 saturated carbocycles. The van der Waals surface area contributed by atoms with Crippen molar-refractivity contribution in [2.75, 3.05) is 14.2 Å². The number of benzene rings is 4. The third kappa shape index (κ3) is 5.42. The van der Waals surface area contributed by atoms with Crippen molar-refractivity contribution < 1.29 is 19.7 Å². The van der Waals surface area contributed by atoms with Crippen molar-refractivity contribution in [1.82, 2.24) is 0 Å². The highest BCUT2D eigenvalue weighted by atomic mass is 16.5. The molecule has 0 unspecified atom stereocenters. The summed E-state index contributed by atoms with van der Waals surface area (Å²) < 4.78 is 11.1. The molecule has 2 N–H and O–H groups in total. The zero-order valence-electron chi connectivity index (χ0n) is 18.8. The van der Waals surface area contributed by atoms with Crippen molar-refractivity contribution in [3.05, 3.63) is 96.1 Å². The number of hydrogen-bond donors (Lipinski definition) is 2. The summed E-state index contributed by atoms with van der Waals surface area (Å²) in [6.07, 6.45) is 3.45. The van der Waals surface area contributed by atoms with Crippen molar-refractivity contribution >= 4 is 23.8 Å². The summed E-state index contributed by atoms with van der Waals surface area (Å²) in [5.41, 5.74) is 5.04. The number of phenols is 2. The molecule has 0 aliphatic heterocycles. The van der Waals surface area contributed by atoms with E-state index >= 15 is 0 Å². The summed E-state index contributed by atoms with van der Waals surface area (Å²) in [7, 11) is 3.22. The smallest absolute Gasteiger partial charge is 0.145 e. The predicted molar refractivity (Wildman–Crippen MR) is 136 cm³/mol. The summed E-state index contributed by atoms with van der Waals surface area (Å²) in [6.45, 7) is 0. The summed E-state index contributed by atoms with van der Waals surface area (Å²) >= 11 is 0. The lowest BCUT2D eigenvalue weighted by Gasteiger charge is -2.11. The van der Waals surface area contributed by atoms with E-state index in [1.165, 1.54) is 0 Å². The molecular formula is C28H24N2O4. The first kappa shape index (κ1) is 22.6. The Hall–Kier alpha value is -4.58. The topological polar surface area (TPSA) is 83.6 Å². The van der Waals surface area contributed by atoms with Crippen LogP contribution in [-0.2, 0) is 0 Å². The predicted octanol–water partition coefficient (Wildman–Crippen LogP) is 6.28. The molecule has 0 atom stereocenters. The Morgan fingerprint density at radius 1 is 0.559 bits per heavy atom. The van der Waals surface area contributed by atoms with Gasteiger partial charge in [-0.25, -0.2) is 0 Å². The van der Waals surface area contributed by atoms with Gasteiger partial charge in [-0.3, -0.25) is 9.98 Å². The van der Waals surface area contributed by atoms with Crippen LogP contribution in [0.3, 0.4) is 0 Å². The second-order valence-corrected chi connectivity index (χ2v) is 7.47. The van der Waals surface area contributed by atoms with Crippen LogP contribution >= 0.6 is 0 Å². The first-order chi connectivity index (χ1) is 16.6. The number of methoxy groups -OCH3 is 2. The van der Waals surface area contributed by atoms with Crippen molar-refractivity contribution in [2.45, 2.75) is 0 Å². The minimum Gasteiger partial charge on any atom is -0.508 e. The van der Waals surface area contributed by atoms with E-state index in [4.69, 9.17) is 9.47 Å². The molecule has 4 aromatic rings. The van der Waals surface area contributed by atoms with Gasteiger partial charge in [-0.2, -0.15) is 0 Å². The van der Waals surface area contributed by atoms with Crippen molar-refractivity contribution in [1.29, 1.82) is 0 Å². The Kier molecular flexibility index (Phi) is 6.89. The number of rotatable bonds is 7. The van der Waals surface area contributed by atoms with Crippen LogP contribution in [0.15, 0.2) is 94.9 Å². The Balaban J connectivity index is 1.58. The van der Waals surface area contributed by atoms with Gasteiger partial charge in [0.2, 0.25) is 0 Å². The second-order valence-electron chi connectivity index (χ2n) is 7.47. The molecule has 170 valence electrons. The first-order valence-electron chi connectivity index (χ1n) is 10.6. The van der Waals surface area contributed by atoms with E-state index in [1.807, 2.05) is 36.4 Å². The van der Waals surface area contributed by atoms with Gasteiger partial charge in [-0.1, -0.05) is 12.1 Å². The molecule has 0 radical (unpaired) electrons. The standard InChI is InChI=1S/C28H24N2O4/c1-33-27-15-21(7-13-25(27)29-17-19-3-9-23(31)10-4-19)22-8-14-26(28(16-22)34-2)30-18-20-5-11-24(32)12-6-20/h3-18,31-32H,1-2H3. The third-order valence-corrected chi connectivity index (χ3v) is 5.18. The number of aliphatic imine (C=N–C) groups is 2. The van der Waals surface area contributed by atoms with E-state index in [2.05, 4.69) is 9.98 Å². The second kappa shape index (κ2) is 10.4. The van der Waals surface area contributed by atoms with Crippen molar-refractivity contribution in [3.8, 4) is 34.1 Å². The summed E-state index contributed by atoms with van der Waals surface area (Å²) in [5, 5.41) is 18.8. The maximum atomic E-state index is 9.42. The molecule has 4 rings (SSSR count). The van der Waals surface area contributed by atoms with Crippen LogP contribution in [-0.4, -0.2) is 36.9 Å². The first-order valence-corrected chi connectivity index (χ1v) is 10.6. The largest absolute Gasteiger partial charge is 0.508 e. The van der Waals surface area contributed by atoms with E-state index in [0.717, 1.165) is 22.3 Å². The quantitative estimate of drug-likeness (QED) is 0.323. The molecule has 6 heteroatoms. The summed E-state index contributed by atoms with van der Waals surface area (Å²) in [5.74, 6) is 1.71. The number of phenolic OH excluding ortho intramolecular Hbond substituents is 2. The monoisotopic (exact) mass is 452 g/mol. The molecule has 0 saturated heterocycles. The Morgan fingerprint density at radius 2 is 0.941 bits per heavy atom. The van der Waals surface area contributed by atoms with Crippen LogP contribution < -0.4 is 9.47 Å². The number of aromatic hydroxyl groups is 2. The molecule has 0 spiro atoms. The molecule has 0 fully saturated rings. The van der Waals surface area contributed by atoms with Gasteiger partial charge in [0.05, 0.1) is 14.2 Å². The molecule has 0 aliphatic carbocycles. The van der Waals surface area contributed by atoms with E-state index in [1.54, 1.807) is 75.2 Å². The third-order valence-electron chi connectivity index (χ3n) is 5.18. The van der Waals surface area contributed by atoms with E-state index in [-0.39, 0.29) is 11.5 Å². The minimum absolute atomic E-state index is 0.214. The molecule has 34 heavy (non-hydrogen) atoms. The average Bonchev–Trinajstić information content (AvgIpc) is 2.88. The minimum atomic E-state index is 0.214. The van der Waals surface area contributed by atoms with Gasteiger partial charge in [-0.15, -0.1) is 0 Å². The van der Waals surface area contributed by atoms with E-state index in [0.29, 0.717) is 22.9 Å². The van der Waals surface area contributed by atoms with Gasteiger partial charge in [0, 0.05) is 12.4 Å². The summed E-state index contributed by atoms with van der Waals surface area (Å²) in [6, 6.07) is 25.2. The number of hydrogen-bond acceptors (Lipinski definition) is 6. The lowest BCUT2D eigenvalue weighted by molar-refractivity contribution is 0.415. The Labute approximate surface area is 198 Å². The van der Waals surface area contributed by atoms with Gasteiger partial charge in [-0.05, 0) is 95.1 Å². The van der Waals surface area contributed by atoms with Crippen LogP contribution in [0.1, 0.15) is 11.1 Å². The highest BCUT2D eigenvalue weighted by Gasteiger charge is 2.09. The van der Waals surface area contributed by atoms with Crippen LogP contribution in [0.25, 0.3) is 11.1 Å². The molecule has 0 aromatic heterocycles. The molecule has 0 aliphatic rings. The molecule has 0 heterocycles. The summed E-state index contributed by atoms with van der Waals surface area (Å²) in [4.78, 5) is 9.05. The molecular weight excluding hydrogens is 428 g/mol. The Bertz CT molecular complexity index is 1220. The van der Waals surface area contributed by atoms with Gasteiger partial charge in [0.15, 0.2) is 0 Å². The zero-order chi connectivity index (χ0) is 23.9. The number of nitrogens with zero attached hydrogens (tertiary/aromatic N) is 2. The highest BCUT2D eigenvalue weighted by Crippen LogP contribution is 2.36. The van der Waals surface area contributed by atoms with Gasteiger partial charge in [0.1, 0.15) is 34.4 Å². The fraction of sp³-hybridized carbons (Fsp3) is 0.0714. The molecule has 6 nitrogen and oxygen atoms in total. The van der Waals surface area contributed by atoms with Crippen LogP contribution in [0.4, 0.5) is 11.4 Å². The zero-order valence-corrected chi connectivity index (χ0v) is 18.8. The van der Waals surface area contributed by atoms with Crippen molar-refractivity contribution in [3.63, 3.8) is 0 Å². The van der Waals surface area contributed by atoms with Crippen LogP contribution in [0.2, 0.25) is 0 Å². The lowest BCUT2D eigenvalue weighted by atomic mass is 10.0. The normalized spacial score (nSPS) is 11.2. The fourth-order valence-corrected chi connectivity index (χ4v) is 3.34. The maximum absolute atomic E-state index is 9.42. The SMILES string of the molecule is COc1cc(-c2ccc(N=Cc3ccc(O)cc3)c(OC)c2)ccc1N=Cc1ccc(O)cc1. The average molecular weight is 453 g/mol. The van der Waals surface area contributed by atoms with E-state index in [9.17, 15) is 10.2 Å². The van der Waals surface area contributed by atoms with E-state index < -0.39 is 0 Å². The fourth-order valence-electron chi connectivity index (χ4n) is 3.34. The maximum Gasteiger partial charge on any atom is 0.145 e. The van der Waals surface area contributed by atoms with Gasteiger partial charge in [0.25, 0.3) is 0 Å². The van der Waals surface area contributed by atoms with Crippen molar-refractivity contribution in [2.24, 2.45) is 9.98 Å². The molecule has 0 amide bonds.